The molecule has 0 saturated heterocycles. The molecule has 2 heterocycles. The molecular weight excluding hydrogens is 180 g/mol. The molecule has 0 radical (unpaired) electrons. The summed E-state index contributed by atoms with van der Waals surface area (Å²) in [4.78, 5) is 21.0. The molecule has 1 aliphatic rings. The van der Waals surface area contributed by atoms with Gasteiger partial charge in [0, 0.05) is 13.2 Å². The number of pyridine rings is 1. The molecule has 5 heteroatoms. The Labute approximate surface area is 81.3 Å². The summed E-state index contributed by atoms with van der Waals surface area (Å²) in [6.07, 6.45) is 1.63. The summed E-state index contributed by atoms with van der Waals surface area (Å²) in [5.41, 5.74) is 6.15. The van der Waals surface area contributed by atoms with Crippen LogP contribution in [0.5, 0.6) is 0 Å². The minimum Gasteiger partial charge on any atom is -0.369 e. The predicted octanol–water partition coefficient (Wildman–Crippen LogP) is -0.0906. The van der Waals surface area contributed by atoms with E-state index in [-0.39, 0.29) is 11.9 Å². The molecule has 0 aromatic carbocycles. The van der Waals surface area contributed by atoms with Gasteiger partial charge in [-0.05, 0) is 12.1 Å². The minimum atomic E-state index is -0.568. The molecule has 1 amide bonds. The summed E-state index contributed by atoms with van der Waals surface area (Å²) >= 11 is 0. The van der Waals surface area contributed by atoms with Crippen LogP contribution in [0.4, 0.5) is 0 Å². The van der Waals surface area contributed by atoms with E-state index in [0.717, 1.165) is 0 Å². The van der Waals surface area contributed by atoms with Gasteiger partial charge < -0.3 is 5.73 Å². The summed E-state index contributed by atoms with van der Waals surface area (Å²) in [6.45, 7) is 0. The van der Waals surface area contributed by atoms with Gasteiger partial charge in [-0.25, -0.2) is 4.99 Å². The Hall–Kier alpha value is -1.91. The minimum absolute atomic E-state index is 0.138. The topological polar surface area (TPSA) is 71.6 Å². The number of rotatable bonds is 1. The zero-order chi connectivity index (χ0) is 10.1. The summed E-state index contributed by atoms with van der Waals surface area (Å²) in [5.74, 6) is 0.104. The second-order valence-corrected chi connectivity index (χ2v) is 3.04. The van der Waals surface area contributed by atoms with E-state index < -0.39 is 6.04 Å². The number of nitrogens with zero attached hydrogens (tertiary/aromatic N) is 3. The normalized spacial score (nSPS) is 21.2. The average molecular weight is 190 g/mol. The van der Waals surface area contributed by atoms with Crippen LogP contribution in [0.1, 0.15) is 11.7 Å². The standard InChI is InChI=1S/C9H10N4O/c1-13-8(14)7(12-9(13)10)6-4-2-3-5-11-6/h2-5,7H,1H3,(H2,10,12). The highest BCUT2D eigenvalue weighted by atomic mass is 16.2. The first-order valence-electron chi connectivity index (χ1n) is 4.22. The van der Waals surface area contributed by atoms with Crippen LogP contribution >= 0.6 is 0 Å². The van der Waals surface area contributed by atoms with Crippen molar-refractivity contribution in [3.63, 3.8) is 0 Å². The maximum atomic E-state index is 11.6. The zero-order valence-corrected chi connectivity index (χ0v) is 7.71. The van der Waals surface area contributed by atoms with Crippen LogP contribution in [0, 0.1) is 0 Å². The van der Waals surface area contributed by atoms with Gasteiger partial charge >= 0.3 is 0 Å². The van der Waals surface area contributed by atoms with Gasteiger partial charge in [0.25, 0.3) is 5.91 Å². The second kappa shape index (κ2) is 3.10. The largest absolute Gasteiger partial charge is 0.369 e. The number of carbonyl (C=O) groups is 1. The Morgan fingerprint density at radius 3 is 2.79 bits per heavy atom. The quantitative estimate of drug-likeness (QED) is 0.672. The molecular formula is C9H10N4O. The van der Waals surface area contributed by atoms with Crippen LogP contribution in [-0.2, 0) is 4.79 Å². The Balaban J connectivity index is 2.35. The van der Waals surface area contributed by atoms with Gasteiger partial charge in [0.1, 0.15) is 0 Å². The molecule has 1 aromatic heterocycles. The number of aromatic nitrogens is 1. The van der Waals surface area contributed by atoms with Gasteiger partial charge in [0.05, 0.1) is 5.69 Å². The third kappa shape index (κ3) is 1.22. The van der Waals surface area contributed by atoms with Gasteiger partial charge in [-0.1, -0.05) is 6.07 Å². The predicted molar refractivity (Wildman–Crippen MR) is 51.4 cm³/mol. The first-order valence-corrected chi connectivity index (χ1v) is 4.22. The van der Waals surface area contributed by atoms with E-state index in [1.165, 1.54) is 4.90 Å². The number of aliphatic imine (C=N–C) groups is 1. The molecule has 0 aliphatic carbocycles. The fourth-order valence-corrected chi connectivity index (χ4v) is 1.30. The fourth-order valence-electron chi connectivity index (χ4n) is 1.30. The van der Waals surface area contributed by atoms with E-state index in [4.69, 9.17) is 5.73 Å². The van der Waals surface area contributed by atoms with Gasteiger partial charge in [0.2, 0.25) is 0 Å². The summed E-state index contributed by atoms with van der Waals surface area (Å²) in [5, 5.41) is 0. The van der Waals surface area contributed by atoms with Crippen molar-refractivity contribution in [3.05, 3.63) is 30.1 Å². The zero-order valence-electron chi connectivity index (χ0n) is 7.71. The number of guanidine groups is 1. The van der Waals surface area contributed by atoms with E-state index in [9.17, 15) is 4.79 Å². The molecule has 0 bridgehead atoms. The summed E-state index contributed by atoms with van der Waals surface area (Å²) in [7, 11) is 1.60. The Bertz CT molecular complexity index is 387. The third-order valence-corrected chi connectivity index (χ3v) is 2.14. The molecule has 0 spiro atoms. The van der Waals surface area contributed by atoms with Crippen molar-refractivity contribution in [1.82, 2.24) is 9.88 Å². The molecule has 5 nitrogen and oxygen atoms in total. The van der Waals surface area contributed by atoms with Crippen LogP contribution < -0.4 is 5.73 Å². The van der Waals surface area contributed by atoms with Gasteiger partial charge in [-0.3, -0.25) is 14.7 Å². The Kier molecular flexibility index (Phi) is 1.92. The van der Waals surface area contributed by atoms with E-state index >= 15 is 0 Å². The van der Waals surface area contributed by atoms with E-state index in [0.29, 0.717) is 5.69 Å². The van der Waals surface area contributed by atoms with Crippen molar-refractivity contribution in [2.24, 2.45) is 10.7 Å². The molecule has 0 saturated carbocycles. The summed E-state index contributed by atoms with van der Waals surface area (Å²) in [6, 6.07) is 4.80. The van der Waals surface area contributed by atoms with E-state index in [2.05, 4.69) is 9.98 Å². The molecule has 72 valence electrons. The number of likely N-dealkylation sites (N-methyl/N-ethyl adjacent to an activating group) is 1. The molecule has 0 fully saturated rings. The molecule has 14 heavy (non-hydrogen) atoms. The van der Waals surface area contributed by atoms with Crippen LogP contribution in [0.15, 0.2) is 29.4 Å². The Morgan fingerprint density at radius 1 is 1.50 bits per heavy atom. The first-order chi connectivity index (χ1) is 6.70. The Morgan fingerprint density at radius 2 is 2.29 bits per heavy atom. The fraction of sp³-hybridized carbons (Fsp3) is 0.222. The second-order valence-electron chi connectivity index (χ2n) is 3.04. The number of carbonyl (C=O) groups excluding carboxylic acids is 1. The van der Waals surface area contributed by atoms with Crippen molar-refractivity contribution in [1.29, 1.82) is 0 Å². The smallest absolute Gasteiger partial charge is 0.260 e. The SMILES string of the molecule is CN1C(=O)C(c2ccccn2)N=C1N. The monoisotopic (exact) mass is 190 g/mol. The van der Waals surface area contributed by atoms with Gasteiger partial charge in [-0.15, -0.1) is 0 Å². The average Bonchev–Trinajstić information content (AvgIpc) is 2.47. The van der Waals surface area contributed by atoms with Crippen molar-refractivity contribution >= 4 is 11.9 Å². The van der Waals surface area contributed by atoms with E-state index in [1.807, 2.05) is 6.07 Å². The lowest BCUT2D eigenvalue weighted by atomic mass is 10.2. The molecule has 1 unspecified atom stereocenters. The number of hydrogen-bond acceptors (Lipinski definition) is 4. The van der Waals surface area contributed by atoms with E-state index in [1.54, 1.807) is 25.4 Å². The molecule has 1 aromatic rings. The number of amides is 1. The van der Waals surface area contributed by atoms with Crippen LogP contribution in [-0.4, -0.2) is 28.8 Å². The van der Waals surface area contributed by atoms with Crippen molar-refractivity contribution < 1.29 is 4.79 Å². The van der Waals surface area contributed by atoms with Gasteiger partial charge in [-0.2, -0.15) is 0 Å². The molecule has 2 rings (SSSR count). The van der Waals surface area contributed by atoms with Crippen LogP contribution in [0.3, 0.4) is 0 Å². The number of nitrogens with two attached hydrogens (primary N) is 1. The lowest BCUT2D eigenvalue weighted by Gasteiger charge is -2.08. The molecule has 1 atom stereocenters. The van der Waals surface area contributed by atoms with Crippen molar-refractivity contribution in [2.45, 2.75) is 6.04 Å². The molecule has 1 aliphatic heterocycles. The number of hydrogen-bond donors (Lipinski definition) is 1. The van der Waals surface area contributed by atoms with Gasteiger partial charge in [0.15, 0.2) is 12.0 Å². The first kappa shape index (κ1) is 8.68. The maximum absolute atomic E-state index is 11.6. The van der Waals surface area contributed by atoms with Crippen molar-refractivity contribution in [3.8, 4) is 0 Å². The highest BCUT2D eigenvalue weighted by Gasteiger charge is 2.32. The summed E-state index contributed by atoms with van der Waals surface area (Å²) < 4.78 is 0. The maximum Gasteiger partial charge on any atom is 0.260 e. The third-order valence-electron chi connectivity index (χ3n) is 2.14. The lowest BCUT2D eigenvalue weighted by Crippen LogP contribution is -2.34. The van der Waals surface area contributed by atoms with Crippen molar-refractivity contribution in [2.75, 3.05) is 7.05 Å². The highest BCUT2D eigenvalue weighted by Crippen LogP contribution is 2.21. The highest BCUT2D eigenvalue weighted by molar-refractivity contribution is 6.04. The lowest BCUT2D eigenvalue weighted by molar-refractivity contribution is -0.126. The van der Waals surface area contributed by atoms with Crippen LogP contribution in [0.2, 0.25) is 0 Å². The van der Waals surface area contributed by atoms with Crippen LogP contribution in [0.25, 0.3) is 0 Å². The molecule has 2 N–H and O–H groups in total.